The molecule has 3 rings (SSSR count). The van der Waals surface area contributed by atoms with Gasteiger partial charge in [0.2, 0.25) is 5.91 Å². The normalized spacial score (nSPS) is 19.4. The molecule has 180 valence electrons. The quantitative estimate of drug-likeness (QED) is 0.425. The van der Waals surface area contributed by atoms with Crippen molar-refractivity contribution >= 4 is 52.6 Å². The van der Waals surface area contributed by atoms with Gasteiger partial charge >= 0.3 is 11.9 Å². The third-order valence-electron chi connectivity index (χ3n) is 6.34. The van der Waals surface area contributed by atoms with Gasteiger partial charge in [0.25, 0.3) is 5.91 Å². The predicted octanol–water partition coefficient (Wildman–Crippen LogP) is 4.10. The van der Waals surface area contributed by atoms with E-state index in [0.29, 0.717) is 11.3 Å². The number of carbonyl (C=O) groups excluding carboxylic acids is 2. The number of halogens is 2. The molecule has 0 heterocycles. The van der Waals surface area contributed by atoms with Gasteiger partial charge in [-0.1, -0.05) is 55.2 Å². The van der Waals surface area contributed by atoms with Crippen molar-refractivity contribution in [1.29, 1.82) is 0 Å². The van der Waals surface area contributed by atoms with Gasteiger partial charge in [-0.3, -0.25) is 14.4 Å². The van der Waals surface area contributed by atoms with Crippen molar-refractivity contribution in [2.24, 2.45) is 17.3 Å². The van der Waals surface area contributed by atoms with Gasteiger partial charge in [-0.2, -0.15) is 0 Å². The van der Waals surface area contributed by atoms with Crippen LogP contribution >= 0.6 is 23.2 Å². The third kappa shape index (κ3) is 5.34. The van der Waals surface area contributed by atoms with Crippen molar-refractivity contribution in [2.75, 3.05) is 5.32 Å². The highest BCUT2D eigenvalue weighted by Gasteiger charge is 2.55. The average molecular weight is 507 g/mol. The fourth-order valence-electron chi connectivity index (χ4n) is 4.13. The number of anilines is 1. The second-order valence-electron chi connectivity index (χ2n) is 8.85. The number of hydrogen-bond acceptors (Lipinski definition) is 4. The molecule has 0 aliphatic heterocycles. The van der Waals surface area contributed by atoms with Crippen LogP contribution < -0.4 is 10.6 Å². The molecule has 3 atom stereocenters. The molecule has 0 saturated heterocycles. The Kier molecular flexibility index (Phi) is 7.53. The lowest BCUT2D eigenvalue weighted by Crippen LogP contribution is -2.57. The SMILES string of the molecule is CC1(C)C(C(=O)O)CC1C(=O)N[C@@H](Cc1ccc(NC(=O)c2c(Cl)cccc2Cl)cc1)C(=O)O. The highest BCUT2D eigenvalue weighted by molar-refractivity contribution is 6.40. The molecule has 1 saturated carbocycles. The van der Waals surface area contributed by atoms with E-state index < -0.39 is 47.0 Å². The smallest absolute Gasteiger partial charge is 0.326 e. The van der Waals surface area contributed by atoms with E-state index in [0.717, 1.165) is 0 Å². The van der Waals surface area contributed by atoms with Crippen LogP contribution in [0.4, 0.5) is 5.69 Å². The molecule has 0 bridgehead atoms. The second-order valence-corrected chi connectivity index (χ2v) is 9.67. The summed E-state index contributed by atoms with van der Waals surface area (Å²) in [5, 5.41) is 24.5. The molecular weight excluding hydrogens is 483 g/mol. The molecule has 2 aromatic rings. The minimum Gasteiger partial charge on any atom is -0.481 e. The van der Waals surface area contributed by atoms with Gasteiger partial charge in [0.05, 0.1) is 21.5 Å². The molecule has 2 amide bonds. The summed E-state index contributed by atoms with van der Waals surface area (Å²) in [6.45, 7) is 3.39. The van der Waals surface area contributed by atoms with Crippen molar-refractivity contribution < 1.29 is 29.4 Å². The zero-order chi connectivity index (χ0) is 25.2. The first-order chi connectivity index (χ1) is 15.9. The topological polar surface area (TPSA) is 133 Å². The second kappa shape index (κ2) is 10.0. The molecule has 1 aliphatic rings. The van der Waals surface area contributed by atoms with Crippen LogP contribution in [-0.2, 0) is 20.8 Å². The first-order valence-electron chi connectivity index (χ1n) is 10.5. The Labute approximate surface area is 206 Å². The Hall–Kier alpha value is -3.10. The summed E-state index contributed by atoms with van der Waals surface area (Å²) in [5.41, 5.74) is 0.463. The first kappa shape index (κ1) is 25.5. The maximum atomic E-state index is 12.6. The predicted molar refractivity (Wildman–Crippen MR) is 127 cm³/mol. The van der Waals surface area contributed by atoms with E-state index in [1.165, 1.54) is 0 Å². The Morgan fingerprint density at radius 2 is 1.59 bits per heavy atom. The monoisotopic (exact) mass is 506 g/mol. The summed E-state index contributed by atoms with van der Waals surface area (Å²) in [5.74, 6) is -4.35. The zero-order valence-electron chi connectivity index (χ0n) is 18.5. The van der Waals surface area contributed by atoms with Gasteiger partial charge in [0, 0.05) is 18.0 Å². The van der Waals surface area contributed by atoms with Crippen molar-refractivity contribution in [3.63, 3.8) is 0 Å². The molecule has 4 N–H and O–H groups in total. The molecule has 0 radical (unpaired) electrons. The lowest BCUT2D eigenvalue weighted by atomic mass is 9.54. The van der Waals surface area contributed by atoms with Crippen LogP contribution in [0.25, 0.3) is 0 Å². The Morgan fingerprint density at radius 1 is 1.00 bits per heavy atom. The number of carboxylic acid groups (broad SMARTS) is 2. The van der Waals surface area contributed by atoms with Crippen molar-refractivity contribution in [3.05, 3.63) is 63.6 Å². The Morgan fingerprint density at radius 3 is 2.09 bits per heavy atom. The summed E-state index contributed by atoms with van der Waals surface area (Å²) in [7, 11) is 0. The summed E-state index contributed by atoms with van der Waals surface area (Å²) in [6, 6.07) is 10.0. The van der Waals surface area contributed by atoms with Crippen LogP contribution in [0, 0.1) is 17.3 Å². The summed E-state index contributed by atoms with van der Waals surface area (Å²) < 4.78 is 0. The highest BCUT2D eigenvalue weighted by Crippen LogP contribution is 2.51. The van der Waals surface area contributed by atoms with Gasteiger partial charge in [-0.05, 0) is 41.7 Å². The average Bonchev–Trinajstić information content (AvgIpc) is 2.73. The molecular formula is C24H24Cl2N2O6. The standard InChI is InChI=1S/C24H24Cl2N2O6/c1-24(2)14(11-15(24)22(31)32)20(29)28-18(23(33)34)10-12-6-8-13(9-7-12)27-21(30)19-16(25)4-3-5-17(19)26/h3-9,14-15,18H,10-11H2,1-2H3,(H,27,30)(H,28,29)(H,31,32)(H,33,34)/t14?,15?,18-/m0/s1. The number of rotatable bonds is 8. The number of hydrogen-bond donors (Lipinski definition) is 4. The molecule has 2 aromatic carbocycles. The van der Waals surface area contributed by atoms with Crippen molar-refractivity contribution in [1.82, 2.24) is 5.32 Å². The Bertz CT molecular complexity index is 1110. The summed E-state index contributed by atoms with van der Waals surface area (Å²) in [4.78, 5) is 48.2. The molecule has 10 heteroatoms. The summed E-state index contributed by atoms with van der Waals surface area (Å²) in [6.07, 6.45) is 0.186. The number of nitrogens with one attached hydrogen (secondary N) is 2. The number of aliphatic carboxylic acids is 2. The van der Waals surface area contributed by atoms with E-state index in [1.807, 2.05) is 0 Å². The summed E-state index contributed by atoms with van der Waals surface area (Å²) >= 11 is 12.1. The largest absolute Gasteiger partial charge is 0.481 e. The molecule has 34 heavy (non-hydrogen) atoms. The lowest BCUT2D eigenvalue weighted by Gasteiger charge is -2.48. The fourth-order valence-corrected chi connectivity index (χ4v) is 4.70. The van der Waals surface area contributed by atoms with Gasteiger partial charge in [-0.25, -0.2) is 4.79 Å². The van der Waals surface area contributed by atoms with Crippen LogP contribution in [0.1, 0.15) is 36.2 Å². The van der Waals surface area contributed by atoms with Gasteiger partial charge in [-0.15, -0.1) is 0 Å². The number of carbonyl (C=O) groups is 4. The highest BCUT2D eigenvalue weighted by atomic mass is 35.5. The maximum Gasteiger partial charge on any atom is 0.326 e. The first-order valence-corrected chi connectivity index (χ1v) is 11.3. The number of benzene rings is 2. The van der Waals surface area contributed by atoms with Crippen LogP contribution in [0.15, 0.2) is 42.5 Å². The van der Waals surface area contributed by atoms with Crippen LogP contribution in [0.5, 0.6) is 0 Å². The minimum atomic E-state index is -1.20. The van der Waals surface area contributed by atoms with E-state index in [9.17, 15) is 29.4 Å². The lowest BCUT2D eigenvalue weighted by molar-refractivity contribution is -0.164. The van der Waals surface area contributed by atoms with Crippen molar-refractivity contribution in [3.8, 4) is 0 Å². The fraction of sp³-hybridized carbons (Fsp3) is 0.333. The zero-order valence-corrected chi connectivity index (χ0v) is 20.0. The molecule has 2 unspecified atom stereocenters. The maximum absolute atomic E-state index is 12.6. The van der Waals surface area contributed by atoms with Crippen LogP contribution in [-0.4, -0.2) is 40.0 Å². The van der Waals surface area contributed by atoms with Crippen LogP contribution in [0.2, 0.25) is 10.0 Å². The van der Waals surface area contributed by atoms with E-state index >= 15 is 0 Å². The van der Waals surface area contributed by atoms with E-state index in [1.54, 1.807) is 56.3 Å². The van der Waals surface area contributed by atoms with Gasteiger partial charge < -0.3 is 20.8 Å². The molecule has 0 aromatic heterocycles. The minimum absolute atomic E-state index is 0.0150. The van der Waals surface area contributed by atoms with E-state index in [-0.39, 0.29) is 28.5 Å². The van der Waals surface area contributed by atoms with Gasteiger partial charge in [0.1, 0.15) is 6.04 Å². The third-order valence-corrected chi connectivity index (χ3v) is 6.97. The van der Waals surface area contributed by atoms with Gasteiger partial charge in [0.15, 0.2) is 0 Å². The molecule has 1 fully saturated rings. The van der Waals surface area contributed by atoms with Crippen molar-refractivity contribution in [2.45, 2.75) is 32.7 Å². The molecule has 1 aliphatic carbocycles. The van der Waals surface area contributed by atoms with Crippen LogP contribution in [0.3, 0.4) is 0 Å². The van der Waals surface area contributed by atoms with E-state index in [4.69, 9.17) is 23.2 Å². The van der Waals surface area contributed by atoms with E-state index in [2.05, 4.69) is 10.6 Å². The number of amides is 2. The Balaban J connectivity index is 1.63. The molecule has 0 spiro atoms. The molecule has 8 nitrogen and oxygen atoms in total. The number of carboxylic acids is 2.